The molecule has 4 N–H and O–H groups in total. The minimum atomic E-state index is -0.195. The molecular weight excluding hydrogens is 618 g/mol. The third-order valence-electron chi connectivity index (χ3n) is 8.05. The van der Waals surface area contributed by atoms with Crippen LogP contribution in [0.3, 0.4) is 0 Å². The van der Waals surface area contributed by atoms with Gasteiger partial charge in [-0.1, -0.05) is 24.3 Å². The van der Waals surface area contributed by atoms with Gasteiger partial charge < -0.3 is 20.4 Å². The molecule has 4 aromatic rings. The molecule has 0 radical (unpaired) electrons. The molecule has 222 valence electrons. The molecule has 6 nitrogen and oxygen atoms in total. The van der Waals surface area contributed by atoms with E-state index < -0.39 is 0 Å². The number of hydrogen-bond acceptors (Lipinski definition) is 6. The van der Waals surface area contributed by atoms with Crippen LogP contribution in [0, 0.1) is 0 Å². The van der Waals surface area contributed by atoms with Gasteiger partial charge in [-0.05, 0) is 110 Å². The van der Waals surface area contributed by atoms with E-state index in [4.69, 9.17) is 9.98 Å². The van der Waals surface area contributed by atoms with Crippen molar-refractivity contribution in [3.05, 3.63) is 94.0 Å². The molecule has 0 fully saturated rings. The summed E-state index contributed by atoms with van der Waals surface area (Å²) in [4.78, 5) is 9.75. The molecule has 2 aliphatic carbocycles. The van der Waals surface area contributed by atoms with Crippen molar-refractivity contribution >= 4 is 23.8 Å². The van der Waals surface area contributed by atoms with E-state index in [-0.39, 0.29) is 56.0 Å². The number of hydrogen-bond donors (Lipinski definition) is 4. The summed E-state index contributed by atoms with van der Waals surface area (Å²) in [6.45, 7) is 0. The standard InChI is InChI=1S/C34H32N2O4.2Ni/c37-29-13-5-9-23(33(29)39)19-35-27-17-15-21-7-1-3-11-25(21)31(27)32-26-12-4-2-8-22(26)16-18-28(32)36-20-24-10-6-14-30(38)34(24)40;;/h5-6,9-10,13-20,37-40H,1-4,7-8,11-12H2;;. The Morgan fingerprint density at radius 1 is 0.500 bits per heavy atom. The molecule has 4 aromatic carbocycles. The van der Waals surface area contributed by atoms with E-state index in [0.29, 0.717) is 11.1 Å². The van der Waals surface area contributed by atoms with Crippen molar-refractivity contribution < 1.29 is 53.4 Å². The molecule has 0 aliphatic heterocycles. The average molecular weight is 650 g/mol. The van der Waals surface area contributed by atoms with Crippen molar-refractivity contribution in [3.8, 4) is 34.1 Å². The molecule has 0 bridgehead atoms. The van der Waals surface area contributed by atoms with E-state index in [2.05, 4.69) is 12.1 Å². The molecule has 42 heavy (non-hydrogen) atoms. The number of aromatic hydroxyl groups is 4. The first kappa shape index (κ1) is 31.3. The summed E-state index contributed by atoms with van der Waals surface area (Å²) < 4.78 is 0. The molecule has 8 heteroatoms. The number of aliphatic imine (C=N–C) groups is 2. The summed E-state index contributed by atoms with van der Waals surface area (Å²) >= 11 is 0. The summed E-state index contributed by atoms with van der Waals surface area (Å²) in [5, 5.41) is 40.7. The van der Waals surface area contributed by atoms with Gasteiger partial charge in [0, 0.05) is 67.7 Å². The first-order valence-corrected chi connectivity index (χ1v) is 13.9. The van der Waals surface area contributed by atoms with Gasteiger partial charge in [0.2, 0.25) is 0 Å². The van der Waals surface area contributed by atoms with Gasteiger partial charge >= 0.3 is 0 Å². The van der Waals surface area contributed by atoms with Gasteiger partial charge in [-0.25, -0.2) is 0 Å². The topological polar surface area (TPSA) is 106 Å². The van der Waals surface area contributed by atoms with Crippen LogP contribution in [0.2, 0.25) is 0 Å². The maximum atomic E-state index is 10.4. The van der Waals surface area contributed by atoms with Crippen LogP contribution in [0.1, 0.15) is 59.1 Å². The Hall–Kier alpha value is -3.59. The SMILES string of the molecule is Oc1cccc(C=Nc2ccc3c(c2-c2c(N=Cc4cccc(O)c4O)ccc4c2CCCC4)CCCC3)c1O.[Ni].[Ni]. The molecule has 0 aromatic heterocycles. The van der Waals surface area contributed by atoms with Crippen LogP contribution in [0.5, 0.6) is 23.0 Å². The number of rotatable bonds is 5. The minimum Gasteiger partial charge on any atom is -0.504 e. The Morgan fingerprint density at radius 3 is 1.33 bits per heavy atom. The van der Waals surface area contributed by atoms with Crippen LogP contribution in [-0.4, -0.2) is 32.9 Å². The van der Waals surface area contributed by atoms with Gasteiger partial charge in [0.1, 0.15) is 0 Å². The van der Waals surface area contributed by atoms with Crippen LogP contribution in [0.25, 0.3) is 11.1 Å². The molecule has 0 amide bonds. The third kappa shape index (κ3) is 6.11. The molecule has 0 heterocycles. The van der Waals surface area contributed by atoms with Crippen LogP contribution in [0.15, 0.2) is 70.6 Å². The second kappa shape index (κ2) is 13.6. The number of nitrogens with zero attached hydrogens (tertiary/aromatic N) is 2. The van der Waals surface area contributed by atoms with Gasteiger partial charge in [0.25, 0.3) is 0 Å². The zero-order chi connectivity index (χ0) is 27.6. The largest absolute Gasteiger partial charge is 0.504 e. The quantitative estimate of drug-likeness (QED) is 0.103. The molecular formula is C34H32N2Ni2O4. The fraction of sp³-hybridized carbons (Fsp3) is 0.235. The van der Waals surface area contributed by atoms with Gasteiger partial charge in [-0.15, -0.1) is 0 Å². The molecule has 2 aliphatic rings. The van der Waals surface area contributed by atoms with E-state index >= 15 is 0 Å². The molecule has 6 rings (SSSR count). The van der Waals surface area contributed by atoms with Gasteiger partial charge in [-0.2, -0.15) is 0 Å². The molecule has 0 saturated carbocycles. The Bertz CT molecular complexity index is 1540. The summed E-state index contributed by atoms with van der Waals surface area (Å²) in [7, 11) is 0. The minimum absolute atomic E-state index is 0. The fourth-order valence-electron chi connectivity index (χ4n) is 5.99. The van der Waals surface area contributed by atoms with Crippen LogP contribution < -0.4 is 0 Å². The summed E-state index contributed by atoms with van der Waals surface area (Å²) in [5.41, 5.74) is 9.83. The van der Waals surface area contributed by atoms with Crippen LogP contribution in [-0.2, 0) is 58.7 Å². The van der Waals surface area contributed by atoms with Crippen molar-refractivity contribution in [2.24, 2.45) is 9.98 Å². The number of benzene rings is 4. The maximum Gasteiger partial charge on any atom is 0.166 e. The summed E-state index contributed by atoms with van der Waals surface area (Å²) in [6.07, 6.45) is 11.7. The summed E-state index contributed by atoms with van der Waals surface area (Å²) in [6, 6.07) is 18.1. The zero-order valence-electron chi connectivity index (χ0n) is 22.9. The van der Waals surface area contributed by atoms with Crippen molar-refractivity contribution in [2.75, 3.05) is 0 Å². The fourth-order valence-corrected chi connectivity index (χ4v) is 5.99. The molecule has 0 saturated heterocycles. The van der Waals surface area contributed by atoms with E-state index in [1.807, 2.05) is 12.1 Å². The van der Waals surface area contributed by atoms with E-state index in [1.54, 1.807) is 36.7 Å². The molecule has 0 atom stereocenters. The van der Waals surface area contributed by atoms with E-state index in [1.165, 1.54) is 34.4 Å². The van der Waals surface area contributed by atoms with Crippen molar-refractivity contribution in [1.82, 2.24) is 0 Å². The van der Waals surface area contributed by atoms with E-state index in [9.17, 15) is 20.4 Å². The van der Waals surface area contributed by atoms with Crippen molar-refractivity contribution in [1.29, 1.82) is 0 Å². The second-order valence-electron chi connectivity index (χ2n) is 10.6. The first-order valence-electron chi connectivity index (χ1n) is 13.9. The Kier molecular flexibility index (Phi) is 10.1. The normalized spacial score (nSPS) is 14.2. The smallest absolute Gasteiger partial charge is 0.166 e. The maximum absolute atomic E-state index is 10.4. The van der Waals surface area contributed by atoms with Gasteiger partial charge in [-0.3, -0.25) is 9.98 Å². The first-order chi connectivity index (χ1) is 19.5. The number of aryl methyl sites for hydroxylation is 2. The molecule has 0 spiro atoms. The zero-order valence-corrected chi connectivity index (χ0v) is 24.9. The Labute approximate surface area is 265 Å². The van der Waals surface area contributed by atoms with Gasteiger partial charge in [0.05, 0.1) is 11.4 Å². The van der Waals surface area contributed by atoms with Crippen LogP contribution in [0.4, 0.5) is 11.4 Å². The predicted molar refractivity (Wildman–Crippen MR) is 159 cm³/mol. The molecule has 0 unspecified atom stereocenters. The van der Waals surface area contributed by atoms with Crippen LogP contribution >= 0.6 is 0 Å². The number of phenolic OH excluding ortho intramolecular Hbond substituents is 4. The summed E-state index contributed by atoms with van der Waals surface area (Å²) in [5.74, 6) is -0.754. The van der Waals surface area contributed by atoms with E-state index in [0.717, 1.165) is 73.9 Å². The van der Waals surface area contributed by atoms with Gasteiger partial charge in [0.15, 0.2) is 23.0 Å². The predicted octanol–water partition coefficient (Wildman–Crippen LogP) is 7.43. The number of fused-ring (bicyclic) bond motifs is 2. The third-order valence-corrected chi connectivity index (χ3v) is 8.05. The average Bonchev–Trinajstić information content (AvgIpc) is 2.98. The van der Waals surface area contributed by atoms with Crippen molar-refractivity contribution in [3.63, 3.8) is 0 Å². The second-order valence-corrected chi connectivity index (χ2v) is 10.6. The van der Waals surface area contributed by atoms with Crippen molar-refractivity contribution in [2.45, 2.75) is 51.4 Å². The Balaban J connectivity index is 0.00000202. The number of phenols is 4. The monoisotopic (exact) mass is 648 g/mol. The Morgan fingerprint density at radius 2 is 0.905 bits per heavy atom. The number of para-hydroxylation sites is 2.